The fourth-order valence-corrected chi connectivity index (χ4v) is 2.96. The first kappa shape index (κ1) is 21.5. The van der Waals surface area contributed by atoms with Crippen LogP contribution in [-0.4, -0.2) is 23.3 Å². The highest BCUT2D eigenvalue weighted by Gasteiger charge is 2.42. The highest BCUT2D eigenvalue weighted by molar-refractivity contribution is 6.13. The van der Waals surface area contributed by atoms with Crippen LogP contribution in [0.2, 0.25) is 0 Å². The number of para-hydroxylation sites is 1. The lowest BCUT2D eigenvalue weighted by atomic mass is 9.91. The van der Waals surface area contributed by atoms with Gasteiger partial charge in [0.15, 0.2) is 17.4 Å². The molecule has 0 radical (unpaired) electrons. The molecule has 0 N–H and O–H groups in total. The maximum Gasteiger partial charge on any atom is 0.573 e. The number of alkyl halides is 6. The number of fused-ring (bicyclic) bond motifs is 1. The maximum absolute atomic E-state index is 13.8. The van der Waals surface area contributed by atoms with Crippen molar-refractivity contribution >= 4 is 16.7 Å². The van der Waals surface area contributed by atoms with Crippen molar-refractivity contribution in [1.82, 2.24) is 4.98 Å². The van der Waals surface area contributed by atoms with Crippen LogP contribution in [0.25, 0.3) is 22.0 Å². The topological polar surface area (TPSA) is 39.2 Å². The van der Waals surface area contributed by atoms with Crippen molar-refractivity contribution in [3.63, 3.8) is 0 Å². The molecule has 0 spiro atoms. The number of aromatic nitrogens is 1. The van der Waals surface area contributed by atoms with E-state index >= 15 is 0 Å². The summed E-state index contributed by atoms with van der Waals surface area (Å²) in [4.78, 5) is 15.8. The van der Waals surface area contributed by atoms with Gasteiger partial charge in [-0.2, -0.15) is 13.2 Å². The van der Waals surface area contributed by atoms with E-state index in [0.717, 1.165) is 31.2 Å². The zero-order valence-corrected chi connectivity index (χ0v) is 14.8. The number of carbonyl (C=O) groups is 1. The van der Waals surface area contributed by atoms with Crippen LogP contribution in [0.15, 0.2) is 36.4 Å². The molecule has 0 aliphatic carbocycles. The lowest BCUT2D eigenvalue weighted by Gasteiger charge is -2.18. The molecule has 158 valence electrons. The van der Waals surface area contributed by atoms with Crippen molar-refractivity contribution in [2.75, 3.05) is 0 Å². The third-order valence-electron chi connectivity index (χ3n) is 4.08. The van der Waals surface area contributed by atoms with E-state index in [4.69, 9.17) is 0 Å². The Hall–Kier alpha value is -3.24. The lowest BCUT2D eigenvalue weighted by molar-refractivity contribution is -0.274. The Balaban J connectivity index is 2.45. The molecule has 1 heterocycles. The Morgan fingerprint density at radius 2 is 1.63 bits per heavy atom. The number of hydrogen-bond acceptors (Lipinski definition) is 3. The average molecular weight is 435 g/mol. The van der Waals surface area contributed by atoms with Gasteiger partial charge in [0.05, 0.1) is 5.56 Å². The number of ketones is 1. The number of nitrogens with zero attached hydrogens (tertiary/aromatic N) is 1. The van der Waals surface area contributed by atoms with E-state index in [9.17, 15) is 39.9 Å². The molecule has 0 bridgehead atoms. The van der Waals surface area contributed by atoms with Crippen molar-refractivity contribution < 1.29 is 44.7 Å². The molecule has 0 unspecified atom stereocenters. The van der Waals surface area contributed by atoms with Crippen LogP contribution in [0.4, 0.5) is 35.1 Å². The van der Waals surface area contributed by atoms with Crippen molar-refractivity contribution in [2.45, 2.75) is 19.5 Å². The van der Waals surface area contributed by atoms with Crippen molar-refractivity contribution in [3.05, 3.63) is 59.3 Å². The van der Waals surface area contributed by atoms with Gasteiger partial charge in [0.1, 0.15) is 5.52 Å². The molecule has 0 amide bonds. The molecule has 0 saturated heterocycles. The molecule has 3 aromatic rings. The number of hydrogen-bond donors (Lipinski definition) is 0. The number of halogens is 8. The summed E-state index contributed by atoms with van der Waals surface area (Å²) in [7, 11) is 0. The van der Waals surface area contributed by atoms with E-state index in [0.29, 0.717) is 12.1 Å². The molecule has 0 aliphatic heterocycles. The zero-order chi connectivity index (χ0) is 22.4. The predicted molar refractivity (Wildman–Crippen MR) is 88.9 cm³/mol. The number of benzene rings is 2. The minimum absolute atomic E-state index is 0.346. The van der Waals surface area contributed by atoms with E-state index in [-0.39, 0.29) is 10.9 Å². The molecular formula is C19H9F8NO2. The van der Waals surface area contributed by atoms with Gasteiger partial charge in [-0.15, -0.1) is 13.2 Å². The van der Waals surface area contributed by atoms with Gasteiger partial charge in [0, 0.05) is 16.6 Å². The second-order valence-electron chi connectivity index (χ2n) is 6.10. The minimum atomic E-state index is -5.35. The third kappa shape index (κ3) is 4.05. The standard InChI is InChI=1S/C19H9F8NO2/c1-8-14(17(29)18(22,23)24)15(9-5-6-11(20)12(21)7-9)10-3-2-4-13(16(10)28-8)30-19(25,26)27/h2-7H,1H3. The van der Waals surface area contributed by atoms with Gasteiger partial charge in [0.25, 0.3) is 5.78 Å². The van der Waals surface area contributed by atoms with Crippen LogP contribution in [0, 0.1) is 18.6 Å². The summed E-state index contributed by atoms with van der Waals surface area (Å²) in [5.74, 6) is -5.91. The summed E-state index contributed by atoms with van der Waals surface area (Å²) in [5.41, 5.74) is -2.98. The lowest BCUT2D eigenvalue weighted by Crippen LogP contribution is -2.25. The van der Waals surface area contributed by atoms with Gasteiger partial charge in [-0.1, -0.05) is 18.2 Å². The van der Waals surface area contributed by atoms with E-state index in [1.54, 1.807) is 0 Å². The molecular weight excluding hydrogens is 426 g/mol. The molecule has 0 aliphatic rings. The van der Waals surface area contributed by atoms with E-state index in [1.165, 1.54) is 0 Å². The number of ether oxygens (including phenoxy) is 1. The van der Waals surface area contributed by atoms with Crippen molar-refractivity contribution in [3.8, 4) is 16.9 Å². The van der Waals surface area contributed by atoms with Crippen molar-refractivity contribution in [1.29, 1.82) is 0 Å². The number of Topliss-reactive ketones (excluding diaryl/α,β-unsaturated/α-hetero) is 1. The van der Waals surface area contributed by atoms with Crippen LogP contribution in [0.3, 0.4) is 0 Å². The fraction of sp³-hybridized carbons (Fsp3) is 0.158. The highest BCUT2D eigenvalue weighted by Crippen LogP contribution is 2.40. The predicted octanol–water partition coefficient (Wildman–Crippen LogP) is 6.13. The number of pyridine rings is 1. The summed E-state index contributed by atoms with van der Waals surface area (Å²) in [6, 6.07) is 5.05. The van der Waals surface area contributed by atoms with Crippen LogP contribution in [-0.2, 0) is 0 Å². The summed E-state index contributed by atoms with van der Waals surface area (Å²) in [6.45, 7) is 0.978. The normalized spacial score (nSPS) is 12.3. The molecule has 0 atom stereocenters. The summed E-state index contributed by atoms with van der Waals surface area (Å²) in [5, 5.41) is -0.346. The highest BCUT2D eigenvalue weighted by atomic mass is 19.4. The first-order valence-electron chi connectivity index (χ1n) is 8.05. The number of carbonyl (C=O) groups excluding carboxylic acids is 1. The summed E-state index contributed by atoms with van der Waals surface area (Å²) in [6.07, 6.45) is -10.5. The Labute approximate surface area is 162 Å². The van der Waals surface area contributed by atoms with Gasteiger partial charge < -0.3 is 4.74 Å². The van der Waals surface area contributed by atoms with Gasteiger partial charge in [-0.3, -0.25) is 4.79 Å². The SMILES string of the molecule is Cc1nc2c(OC(F)(F)F)cccc2c(-c2ccc(F)c(F)c2)c1C(=O)C(F)(F)F. The zero-order valence-electron chi connectivity index (χ0n) is 14.8. The van der Waals surface area contributed by atoms with E-state index in [1.807, 2.05) is 0 Å². The van der Waals surface area contributed by atoms with E-state index < -0.39 is 58.0 Å². The molecule has 2 aromatic carbocycles. The second-order valence-corrected chi connectivity index (χ2v) is 6.10. The Bertz CT molecular complexity index is 1150. The summed E-state index contributed by atoms with van der Waals surface area (Å²) < 4.78 is 109. The molecule has 3 rings (SSSR count). The summed E-state index contributed by atoms with van der Waals surface area (Å²) >= 11 is 0. The third-order valence-corrected chi connectivity index (χ3v) is 4.08. The fourth-order valence-electron chi connectivity index (χ4n) is 2.96. The average Bonchev–Trinajstić information content (AvgIpc) is 2.61. The smallest absolute Gasteiger partial charge is 0.403 e. The van der Waals surface area contributed by atoms with Crippen molar-refractivity contribution in [2.24, 2.45) is 0 Å². The monoisotopic (exact) mass is 435 g/mol. The first-order chi connectivity index (χ1) is 13.8. The first-order valence-corrected chi connectivity index (χ1v) is 8.05. The van der Waals surface area contributed by atoms with Crippen LogP contribution in [0.5, 0.6) is 5.75 Å². The van der Waals surface area contributed by atoms with Crippen LogP contribution < -0.4 is 4.74 Å². The molecule has 11 heteroatoms. The Morgan fingerprint density at radius 3 is 2.20 bits per heavy atom. The quantitative estimate of drug-likeness (QED) is 0.367. The number of rotatable bonds is 3. The molecule has 0 saturated carbocycles. The van der Waals surface area contributed by atoms with Gasteiger partial charge in [-0.05, 0) is 30.7 Å². The largest absolute Gasteiger partial charge is 0.573 e. The van der Waals surface area contributed by atoms with Gasteiger partial charge in [0.2, 0.25) is 0 Å². The van der Waals surface area contributed by atoms with Gasteiger partial charge >= 0.3 is 12.5 Å². The number of aryl methyl sites for hydroxylation is 1. The molecule has 3 nitrogen and oxygen atoms in total. The maximum atomic E-state index is 13.8. The van der Waals surface area contributed by atoms with Gasteiger partial charge in [-0.25, -0.2) is 13.8 Å². The Kier molecular flexibility index (Phi) is 5.17. The Morgan fingerprint density at radius 1 is 0.967 bits per heavy atom. The minimum Gasteiger partial charge on any atom is -0.403 e. The van der Waals surface area contributed by atoms with Crippen LogP contribution >= 0.6 is 0 Å². The molecule has 30 heavy (non-hydrogen) atoms. The second kappa shape index (κ2) is 7.22. The molecule has 0 fully saturated rings. The van der Waals surface area contributed by atoms with Crippen LogP contribution in [0.1, 0.15) is 16.1 Å². The molecule has 1 aromatic heterocycles. The van der Waals surface area contributed by atoms with E-state index in [2.05, 4.69) is 9.72 Å².